The van der Waals surface area contributed by atoms with Crippen molar-refractivity contribution in [1.29, 1.82) is 0 Å². The Bertz CT molecular complexity index is 1190. The predicted octanol–water partition coefficient (Wildman–Crippen LogP) is 3.48. The normalized spacial score (nSPS) is 12.7. The Morgan fingerprint density at radius 2 is 1.85 bits per heavy atom. The van der Waals surface area contributed by atoms with Crippen molar-refractivity contribution >= 4 is 37.3 Å². The third-order valence-corrected chi connectivity index (χ3v) is 6.47. The number of amides is 1. The first-order chi connectivity index (χ1) is 12.2. The van der Waals surface area contributed by atoms with Gasteiger partial charge in [0.1, 0.15) is 0 Å². The van der Waals surface area contributed by atoms with Crippen molar-refractivity contribution in [3.63, 3.8) is 0 Å². The van der Waals surface area contributed by atoms with Crippen LogP contribution in [0.2, 0.25) is 0 Å². The summed E-state index contributed by atoms with van der Waals surface area (Å²) >= 11 is 1.46. The number of carbonyl (C=O) groups excluding carboxylic acids is 1. The highest BCUT2D eigenvalue weighted by atomic mass is 32.2. The van der Waals surface area contributed by atoms with Crippen LogP contribution in [-0.2, 0) is 16.4 Å². The summed E-state index contributed by atoms with van der Waals surface area (Å²) in [5.74, 6) is -0.447. The van der Waals surface area contributed by atoms with Gasteiger partial charge < -0.3 is 4.57 Å². The molecule has 26 heavy (non-hydrogen) atoms. The van der Waals surface area contributed by atoms with E-state index in [1.165, 1.54) is 34.6 Å². The lowest BCUT2D eigenvalue weighted by Gasteiger charge is -2.03. The first-order valence-corrected chi connectivity index (χ1v) is 10.9. The molecule has 136 valence electrons. The Hall–Kier alpha value is -2.25. The van der Waals surface area contributed by atoms with Gasteiger partial charge in [-0.05, 0) is 62.2 Å². The maximum Gasteiger partial charge on any atom is 0.279 e. The zero-order valence-corrected chi connectivity index (χ0v) is 16.7. The van der Waals surface area contributed by atoms with Gasteiger partial charge >= 0.3 is 0 Å². The molecule has 0 atom stereocenters. The van der Waals surface area contributed by atoms with Gasteiger partial charge in [-0.15, -0.1) is 0 Å². The minimum atomic E-state index is -3.37. The van der Waals surface area contributed by atoms with Gasteiger partial charge in [0, 0.05) is 18.4 Å². The molecule has 1 heterocycles. The summed E-state index contributed by atoms with van der Waals surface area (Å²) in [6, 6.07) is 10.2. The van der Waals surface area contributed by atoms with Gasteiger partial charge in [0.15, 0.2) is 14.6 Å². The van der Waals surface area contributed by atoms with E-state index in [2.05, 4.69) is 31.0 Å². The van der Waals surface area contributed by atoms with Crippen molar-refractivity contribution in [1.82, 2.24) is 4.57 Å². The third-order valence-electron chi connectivity index (χ3n) is 4.32. The highest BCUT2D eigenvalue weighted by Gasteiger charge is 2.13. The van der Waals surface area contributed by atoms with E-state index in [-0.39, 0.29) is 10.5 Å². The smallest absolute Gasteiger partial charge is 0.279 e. The van der Waals surface area contributed by atoms with Crippen LogP contribution < -0.4 is 4.80 Å². The number of thiazole rings is 1. The molecule has 0 N–H and O–H groups in total. The number of hydrogen-bond acceptors (Lipinski definition) is 4. The van der Waals surface area contributed by atoms with Crippen molar-refractivity contribution < 1.29 is 13.2 Å². The Kier molecular flexibility index (Phi) is 4.86. The summed E-state index contributed by atoms with van der Waals surface area (Å²) < 4.78 is 26.5. The van der Waals surface area contributed by atoms with Crippen LogP contribution in [0.4, 0.5) is 0 Å². The summed E-state index contributed by atoms with van der Waals surface area (Å²) in [6.45, 7) is 6.82. The molecular weight excluding hydrogens is 368 g/mol. The van der Waals surface area contributed by atoms with Crippen LogP contribution in [-0.4, -0.2) is 25.1 Å². The predicted molar refractivity (Wildman–Crippen MR) is 104 cm³/mol. The number of fused-ring (bicyclic) bond motifs is 1. The fourth-order valence-corrected chi connectivity index (χ4v) is 4.56. The van der Waals surface area contributed by atoms with Crippen molar-refractivity contribution in [2.75, 3.05) is 6.26 Å². The zero-order chi connectivity index (χ0) is 19.1. The van der Waals surface area contributed by atoms with Gasteiger partial charge in [0.25, 0.3) is 5.91 Å². The Morgan fingerprint density at radius 3 is 2.50 bits per heavy atom. The molecular formula is C19H20N2O3S2. The number of carbonyl (C=O) groups is 1. The average Bonchev–Trinajstić information content (AvgIpc) is 2.90. The molecule has 1 amide bonds. The number of aromatic nitrogens is 1. The third kappa shape index (κ3) is 3.50. The van der Waals surface area contributed by atoms with Crippen LogP contribution in [0.5, 0.6) is 0 Å². The molecule has 3 aromatic rings. The SMILES string of the molecule is CCn1c(=NC(=O)c2cccc(S(C)(=O)=O)c2)sc2cc(C)c(C)cc21. The number of rotatable bonds is 3. The fourth-order valence-electron chi connectivity index (χ4n) is 2.72. The number of hydrogen-bond donors (Lipinski definition) is 0. The van der Waals surface area contributed by atoms with Crippen molar-refractivity contribution in [3.05, 3.63) is 57.9 Å². The molecule has 2 aromatic carbocycles. The molecule has 0 bridgehead atoms. The number of aryl methyl sites for hydroxylation is 3. The van der Waals surface area contributed by atoms with E-state index in [1.54, 1.807) is 12.1 Å². The van der Waals surface area contributed by atoms with E-state index < -0.39 is 15.7 Å². The molecule has 7 heteroatoms. The lowest BCUT2D eigenvalue weighted by atomic mass is 10.1. The molecule has 0 spiro atoms. The maximum atomic E-state index is 12.6. The van der Waals surface area contributed by atoms with Crippen LogP contribution in [0.15, 0.2) is 46.3 Å². The molecule has 0 aliphatic heterocycles. The van der Waals surface area contributed by atoms with Gasteiger partial charge in [-0.1, -0.05) is 17.4 Å². The Labute approximate surface area is 156 Å². The lowest BCUT2D eigenvalue weighted by Crippen LogP contribution is -2.16. The lowest BCUT2D eigenvalue weighted by molar-refractivity contribution is 0.0997. The van der Waals surface area contributed by atoms with Crippen LogP contribution in [0.1, 0.15) is 28.4 Å². The molecule has 0 unspecified atom stereocenters. The highest BCUT2D eigenvalue weighted by Crippen LogP contribution is 2.22. The second-order valence-electron chi connectivity index (χ2n) is 6.25. The maximum absolute atomic E-state index is 12.6. The summed E-state index contributed by atoms with van der Waals surface area (Å²) in [6.07, 6.45) is 1.12. The molecule has 0 fully saturated rings. The Morgan fingerprint density at radius 1 is 1.15 bits per heavy atom. The van der Waals surface area contributed by atoms with Crippen LogP contribution in [0.25, 0.3) is 10.2 Å². The quantitative estimate of drug-likeness (QED) is 0.690. The summed E-state index contributed by atoms with van der Waals surface area (Å²) in [7, 11) is -3.37. The Balaban J connectivity index is 2.14. The first kappa shape index (κ1) is 18.5. The minimum absolute atomic E-state index is 0.115. The first-order valence-electron chi connectivity index (χ1n) is 8.20. The van der Waals surface area contributed by atoms with E-state index >= 15 is 0 Å². The van der Waals surface area contributed by atoms with Gasteiger partial charge in [-0.3, -0.25) is 4.79 Å². The second kappa shape index (κ2) is 6.81. The monoisotopic (exact) mass is 388 g/mol. The fraction of sp³-hybridized carbons (Fsp3) is 0.263. The largest absolute Gasteiger partial charge is 0.317 e. The van der Waals surface area contributed by atoms with Gasteiger partial charge in [-0.25, -0.2) is 8.42 Å². The van der Waals surface area contributed by atoms with Gasteiger partial charge in [0.2, 0.25) is 0 Å². The van der Waals surface area contributed by atoms with Gasteiger partial charge in [-0.2, -0.15) is 4.99 Å². The molecule has 1 aromatic heterocycles. The van der Waals surface area contributed by atoms with Crippen LogP contribution >= 0.6 is 11.3 Å². The molecule has 0 aliphatic carbocycles. The van der Waals surface area contributed by atoms with E-state index in [0.29, 0.717) is 11.3 Å². The van der Waals surface area contributed by atoms with Crippen molar-refractivity contribution in [3.8, 4) is 0 Å². The van der Waals surface area contributed by atoms with E-state index in [9.17, 15) is 13.2 Å². The summed E-state index contributed by atoms with van der Waals surface area (Å²) in [5, 5.41) is 0. The number of nitrogens with zero attached hydrogens (tertiary/aromatic N) is 2. The standard InChI is InChI=1S/C19H20N2O3S2/c1-5-21-16-9-12(2)13(3)10-17(16)25-19(21)20-18(22)14-7-6-8-15(11-14)26(4,23)24/h6-11H,5H2,1-4H3. The van der Waals surface area contributed by atoms with E-state index in [0.717, 1.165) is 16.5 Å². The molecule has 0 aliphatic rings. The van der Waals surface area contributed by atoms with Crippen LogP contribution in [0.3, 0.4) is 0 Å². The van der Waals surface area contributed by atoms with E-state index in [4.69, 9.17) is 0 Å². The topological polar surface area (TPSA) is 68.5 Å². The molecule has 0 radical (unpaired) electrons. The molecule has 5 nitrogen and oxygen atoms in total. The highest BCUT2D eigenvalue weighted by molar-refractivity contribution is 7.90. The summed E-state index contributed by atoms with van der Waals surface area (Å²) in [4.78, 5) is 17.6. The van der Waals surface area contributed by atoms with Crippen molar-refractivity contribution in [2.45, 2.75) is 32.2 Å². The second-order valence-corrected chi connectivity index (χ2v) is 9.27. The molecule has 3 rings (SSSR count). The summed E-state index contributed by atoms with van der Waals surface area (Å²) in [5.41, 5.74) is 3.70. The average molecular weight is 389 g/mol. The van der Waals surface area contributed by atoms with Gasteiger partial charge in [0.05, 0.1) is 15.1 Å². The van der Waals surface area contributed by atoms with Crippen LogP contribution in [0, 0.1) is 13.8 Å². The molecule has 0 saturated heterocycles. The minimum Gasteiger partial charge on any atom is -0.317 e. The van der Waals surface area contributed by atoms with Crippen molar-refractivity contribution in [2.24, 2.45) is 4.99 Å². The van der Waals surface area contributed by atoms with E-state index in [1.807, 2.05) is 11.5 Å². The zero-order valence-electron chi connectivity index (χ0n) is 15.1. The number of benzene rings is 2. The molecule has 0 saturated carbocycles. The number of sulfone groups is 1.